The summed E-state index contributed by atoms with van der Waals surface area (Å²) in [5, 5.41) is 15.6. The van der Waals surface area contributed by atoms with Gasteiger partial charge in [0.25, 0.3) is 17.5 Å². The van der Waals surface area contributed by atoms with E-state index in [1.165, 1.54) is 12.1 Å². The largest absolute Gasteiger partial charge is 0.454 e. The van der Waals surface area contributed by atoms with Gasteiger partial charge in [-0.25, -0.2) is 0 Å². The molecule has 0 aliphatic rings. The van der Waals surface area contributed by atoms with Crippen LogP contribution in [0.3, 0.4) is 0 Å². The Balaban J connectivity index is 2.48. The number of halogens is 1. The van der Waals surface area contributed by atoms with Gasteiger partial charge >= 0.3 is 5.97 Å². The Bertz CT molecular complexity index is 679. The van der Waals surface area contributed by atoms with Crippen LogP contribution in [0, 0.1) is 10.1 Å². The number of nitrogens with zero attached hydrogens (tertiary/aromatic N) is 1. The first-order chi connectivity index (χ1) is 11.7. The molecule has 0 saturated heterocycles. The van der Waals surface area contributed by atoms with Gasteiger partial charge in [-0.15, -0.1) is 0 Å². The van der Waals surface area contributed by atoms with Crippen molar-refractivity contribution in [1.82, 2.24) is 10.6 Å². The van der Waals surface area contributed by atoms with Gasteiger partial charge in [-0.3, -0.25) is 24.5 Å². The number of nitro benzene ring substituents is 1. The van der Waals surface area contributed by atoms with Crippen molar-refractivity contribution in [3.05, 3.63) is 38.9 Å². The van der Waals surface area contributed by atoms with Crippen molar-refractivity contribution in [2.45, 2.75) is 26.3 Å². The predicted molar refractivity (Wildman–Crippen MR) is 89.3 cm³/mol. The minimum Gasteiger partial charge on any atom is -0.454 e. The zero-order chi connectivity index (χ0) is 19.0. The average Bonchev–Trinajstić information content (AvgIpc) is 2.57. The van der Waals surface area contributed by atoms with Gasteiger partial charge in [-0.05, 0) is 25.5 Å². The zero-order valence-electron chi connectivity index (χ0n) is 13.7. The Morgan fingerprint density at radius 1 is 1.36 bits per heavy atom. The summed E-state index contributed by atoms with van der Waals surface area (Å²) < 4.78 is 4.72. The van der Waals surface area contributed by atoms with Crippen LogP contribution in [0.25, 0.3) is 0 Å². The zero-order valence-corrected chi connectivity index (χ0v) is 14.5. The van der Waals surface area contributed by atoms with Crippen LogP contribution < -0.4 is 10.6 Å². The molecule has 10 heteroatoms. The molecule has 0 fully saturated rings. The molecule has 0 radical (unpaired) electrons. The van der Waals surface area contributed by atoms with Crippen molar-refractivity contribution in [1.29, 1.82) is 0 Å². The van der Waals surface area contributed by atoms with Gasteiger partial charge in [0.05, 0.1) is 4.92 Å². The summed E-state index contributed by atoms with van der Waals surface area (Å²) in [6.07, 6.45) is 0.739. The summed E-state index contributed by atoms with van der Waals surface area (Å²) in [7, 11) is 0. The normalized spacial score (nSPS) is 11.3. The minimum absolute atomic E-state index is 0.0292. The van der Waals surface area contributed by atoms with E-state index in [1.54, 1.807) is 0 Å². The number of hydrogen-bond acceptors (Lipinski definition) is 6. The standard InChI is InChI=1S/C15H18ClN3O6/c1-3-9(2)18-13(20)8-25-14(21)7-17-15(22)10-4-5-11(16)12(6-10)19(23)24/h4-6,9H,3,7-8H2,1-2H3,(H,17,22)(H,18,20)/t9-/m0/s1. The molecular weight excluding hydrogens is 354 g/mol. The molecule has 0 heterocycles. The number of carbonyl (C=O) groups excluding carboxylic acids is 3. The molecule has 0 spiro atoms. The second-order valence-electron chi connectivity index (χ2n) is 5.14. The number of esters is 1. The van der Waals surface area contributed by atoms with E-state index < -0.39 is 41.5 Å². The third-order valence-electron chi connectivity index (χ3n) is 3.18. The molecule has 0 aromatic heterocycles. The average molecular weight is 372 g/mol. The van der Waals surface area contributed by atoms with Crippen molar-refractivity contribution < 1.29 is 24.0 Å². The van der Waals surface area contributed by atoms with Crippen LogP contribution in [-0.4, -0.2) is 41.9 Å². The molecule has 0 aliphatic heterocycles. The molecule has 0 unspecified atom stereocenters. The Morgan fingerprint density at radius 3 is 2.64 bits per heavy atom. The number of benzene rings is 1. The lowest BCUT2D eigenvalue weighted by Gasteiger charge is -2.11. The third kappa shape index (κ3) is 6.76. The number of nitro groups is 1. The molecule has 9 nitrogen and oxygen atoms in total. The molecule has 1 atom stereocenters. The number of ether oxygens (including phenoxy) is 1. The van der Waals surface area contributed by atoms with E-state index in [-0.39, 0.29) is 16.6 Å². The molecule has 2 N–H and O–H groups in total. The van der Waals surface area contributed by atoms with Crippen LogP contribution >= 0.6 is 11.6 Å². The molecule has 136 valence electrons. The van der Waals surface area contributed by atoms with Crippen LogP contribution in [-0.2, 0) is 14.3 Å². The van der Waals surface area contributed by atoms with Crippen LogP contribution in [0.15, 0.2) is 18.2 Å². The first-order valence-corrected chi connectivity index (χ1v) is 7.79. The maximum Gasteiger partial charge on any atom is 0.325 e. The fourth-order valence-corrected chi connectivity index (χ4v) is 1.85. The van der Waals surface area contributed by atoms with Gasteiger partial charge in [0.2, 0.25) is 0 Å². The van der Waals surface area contributed by atoms with Crippen molar-refractivity contribution in [3.8, 4) is 0 Å². The van der Waals surface area contributed by atoms with Crippen molar-refractivity contribution in [2.24, 2.45) is 0 Å². The fraction of sp³-hybridized carbons (Fsp3) is 0.400. The van der Waals surface area contributed by atoms with Gasteiger partial charge < -0.3 is 15.4 Å². The molecule has 0 aliphatic carbocycles. The molecular formula is C15H18ClN3O6. The summed E-state index contributed by atoms with van der Waals surface area (Å²) >= 11 is 5.66. The van der Waals surface area contributed by atoms with Gasteiger partial charge in [0, 0.05) is 17.7 Å². The number of nitrogens with one attached hydrogen (secondary N) is 2. The lowest BCUT2D eigenvalue weighted by atomic mass is 10.2. The SMILES string of the molecule is CC[C@H](C)NC(=O)COC(=O)CNC(=O)c1ccc(Cl)c([N+](=O)[O-])c1. The van der Waals surface area contributed by atoms with E-state index in [9.17, 15) is 24.5 Å². The van der Waals surface area contributed by atoms with E-state index in [4.69, 9.17) is 16.3 Å². The van der Waals surface area contributed by atoms with Crippen molar-refractivity contribution in [3.63, 3.8) is 0 Å². The molecule has 0 bridgehead atoms. The second kappa shape index (κ2) is 9.58. The van der Waals surface area contributed by atoms with Crippen LogP contribution in [0.5, 0.6) is 0 Å². The van der Waals surface area contributed by atoms with E-state index in [1.807, 2.05) is 13.8 Å². The quantitative estimate of drug-likeness (QED) is 0.404. The maximum atomic E-state index is 11.9. The van der Waals surface area contributed by atoms with E-state index in [0.717, 1.165) is 12.5 Å². The molecule has 1 aromatic rings. The Kier molecular flexibility index (Phi) is 7.80. The summed E-state index contributed by atoms with van der Waals surface area (Å²) in [5.41, 5.74) is -0.447. The van der Waals surface area contributed by atoms with Gasteiger partial charge in [0.15, 0.2) is 6.61 Å². The lowest BCUT2D eigenvalue weighted by Crippen LogP contribution is -2.37. The highest BCUT2D eigenvalue weighted by Gasteiger charge is 2.17. The third-order valence-corrected chi connectivity index (χ3v) is 3.50. The Morgan fingerprint density at radius 2 is 2.04 bits per heavy atom. The topological polar surface area (TPSA) is 128 Å². The predicted octanol–water partition coefficient (Wildman–Crippen LogP) is 1.44. The Hall–Kier alpha value is -2.68. The fourth-order valence-electron chi connectivity index (χ4n) is 1.66. The first kappa shape index (κ1) is 20.4. The highest BCUT2D eigenvalue weighted by Crippen LogP contribution is 2.24. The summed E-state index contributed by atoms with van der Waals surface area (Å²) in [6, 6.07) is 3.47. The number of hydrogen-bond donors (Lipinski definition) is 2. The summed E-state index contributed by atoms with van der Waals surface area (Å²) in [6.45, 7) is 2.77. The van der Waals surface area contributed by atoms with Gasteiger partial charge in [-0.2, -0.15) is 0 Å². The van der Waals surface area contributed by atoms with Crippen molar-refractivity contribution in [2.75, 3.05) is 13.2 Å². The number of rotatable bonds is 8. The van der Waals surface area contributed by atoms with Crippen LogP contribution in [0.2, 0.25) is 5.02 Å². The lowest BCUT2D eigenvalue weighted by molar-refractivity contribution is -0.384. The second-order valence-corrected chi connectivity index (χ2v) is 5.55. The van der Waals surface area contributed by atoms with Crippen LogP contribution in [0.4, 0.5) is 5.69 Å². The maximum absolute atomic E-state index is 11.9. The highest BCUT2D eigenvalue weighted by molar-refractivity contribution is 6.32. The van der Waals surface area contributed by atoms with E-state index in [2.05, 4.69) is 10.6 Å². The summed E-state index contributed by atoms with van der Waals surface area (Å²) in [4.78, 5) is 44.9. The minimum atomic E-state index is -0.809. The highest BCUT2D eigenvalue weighted by atomic mass is 35.5. The molecule has 2 amide bonds. The van der Waals surface area contributed by atoms with E-state index in [0.29, 0.717) is 0 Å². The van der Waals surface area contributed by atoms with Gasteiger partial charge in [0.1, 0.15) is 11.6 Å². The van der Waals surface area contributed by atoms with Gasteiger partial charge in [-0.1, -0.05) is 18.5 Å². The molecule has 1 aromatic carbocycles. The number of carbonyl (C=O) groups is 3. The molecule has 0 saturated carbocycles. The molecule has 25 heavy (non-hydrogen) atoms. The Labute approximate surface area is 148 Å². The smallest absolute Gasteiger partial charge is 0.325 e. The summed E-state index contributed by atoms with van der Waals surface area (Å²) in [5.74, 6) is -1.96. The van der Waals surface area contributed by atoms with Crippen molar-refractivity contribution >= 4 is 35.1 Å². The molecule has 1 rings (SSSR count). The monoisotopic (exact) mass is 371 g/mol. The first-order valence-electron chi connectivity index (χ1n) is 7.41. The number of amides is 2. The van der Waals surface area contributed by atoms with Crippen LogP contribution in [0.1, 0.15) is 30.6 Å². The van der Waals surface area contributed by atoms with E-state index >= 15 is 0 Å².